The van der Waals surface area contributed by atoms with E-state index in [1.165, 1.54) is 24.3 Å². The van der Waals surface area contributed by atoms with Crippen LogP contribution in [0, 0.1) is 17.1 Å². The number of thioether (sulfide) groups is 1. The standard InChI is InChI=1S/C17H15F3N4OS/c18-12-4-3-6-13(11(12)10-21)22-8-9-23-17(25)24-14-5-1-2-7-15(14)26-16(19)20/h1-7,16,22H,8-9H2,(H2,23,24,25). The van der Waals surface area contributed by atoms with Crippen molar-refractivity contribution in [1.82, 2.24) is 5.32 Å². The number of rotatable bonds is 7. The molecule has 0 aliphatic rings. The number of benzene rings is 2. The maximum absolute atomic E-state index is 13.5. The zero-order chi connectivity index (χ0) is 18.9. The number of nitrogens with zero attached hydrogens (tertiary/aromatic N) is 1. The third-order valence-corrected chi connectivity index (χ3v) is 3.99. The Labute approximate surface area is 152 Å². The van der Waals surface area contributed by atoms with E-state index in [2.05, 4.69) is 16.0 Å². The Morgan fingerprint density at radius 2 is 1.85 bits per heavy atom. The van der Waals surface area contributed by atoms with E-state index < -0.39 is 17.6 Å². The molecule has 5 nitrogen and oxygen atoms in total. The minimum atomic E-state index is -2.59. The molecule has 0 bridgehead atoms. The first-order valence-electron chi connectivity index (χ1n) is 7.52. The van der Waals surface area contributed by atoms with Crippen molar-refractivity contribution in [2.24, 2.45) is 0 Å². The zero-order valence-corrected chi connectivity index (χ0v) is 14.2. The monoisotopic (exact) mass is 380 g/mol. The first kappa shape index (κ1) is 19.5. The molecule has 0 spiro atoms. The van der Waals surface area contributed by atoms with E-state index in [1.807, 2.05) is 0 Å². The molecule has 0 heterocycles. The van der Waals surface area contributed by atoms with Crippen LogP contribution in [0.15, 0.2) is 47.4 Å². The number of anilines is 2. The molecule has 0 aliphatic heterocycles. The predicted octanol–water partition coefficient (Wildman–Crippen LogP) is 4.25. The molecule has 0 radical (unpaired) electrons. The number of amides is 2. The van der Waals surface area contributed by atoms with Gasteiger partial charge in [-0.05, 0) is 24.3 Å². The van der Waals surface area contributed by atoms with Crippen molar-refractivity contribution < 1.29 is 18.0 Å². The predicted molar refractivity (Wildman–Crippen MR) is 94.9 cm³/mol. The summed E-state index contributed by atoms with van der Waals surface area (Å²) in [4.78, 5) is 12.1. The first-order chi connectivity index (χ1) is 12.5. The molecular formula is C17H15F3N4OS. The van der Waals surface area contributed by atoms with Crippen molar-refractivity contribution in [2.75, 3.05) is 23.7 Å². The van der Waals surface area contributed by atoms with Crippen molar-refractivity contribution in [3.8, 4) is 6.07 Å². The van der Waals surface area contributed by atoms with E-state index in [1.54, 1.807) is 24.3 Å². The molecule has 2 aromatic rings. The molecule has 3 N–H and O–H groups in total. The highest BCUT2D eigenvalue weighted by molar-refractivity contribution is 7.99. The molecule has 136 valence electrons. The molecule has 2 amide bonds. The Hall–Kier alpha value is -2.86. The number of urea groups is 1. The summed E-state index contributed by atoms with van der Waals surface area (Å²) in [6, 6.07) is 11.6. The van der Waals surface area contributed by atoms with E-state index in [4.69, 9.17) is 5.26 Å². The summed E-state index contributed by atoms with van der Waals surface area (Å²) in [6.45, 7) is 0.427. The van der Waals surface area contributed by atoms with Gasteiger partial charge in [-0.15, -0.1) is 0 Å². The van der Waals surface area contributed by atoms with Crippen LogP contribution in [-0.4, -0.2) is 24.9 Å². The number of hydrogen-bond donors (Lipinski definition) is 3. The van der Waals surface area contributed by atoms with Gasteiger partial charge in [0, 0.05) is 18.0 Å². The van der Waals surface area contributed by atoms with Gasteiger partial charge in [-0.25, -0.2) is 9.18 Å². The van der Waals surface area contributed by atoms with E-state index in [0.717, 1.165) is 0 Å². The SMILES string of the molecule is N#Cc1c(F)cccc1NCCNC(=O)Nc1ccccc1SC(F)F. The molecule has 0 unspecified atom stereocenters. The fraction of sp³-hybridized carbons (Fsp3) is 0.176. The molecular weight excluding hydrogens is 365 g/mol. The number of nitrogens with one attached hydrogen (secondary N) is 3. The van der Waals surface area contributed by atoms with Crippen molar-refractivity contribution in [3.05, 3.63) is 53.8 Å². The lowest BCUT2D eigenvalue weighted by molar-refractivity contribution is 0.251. The molecule has 2 rings (SSSR count). The fourth-order valence-electron chi connectivity index (χ4n) is 2.09. The second kappa shape index (κ2) is 9.58. The summed E-state index contributed by atoms with van der Waals surface area (Å²) >= 11 is 0.344. The summed E-state index contributed by atoms with van der Waals surface area (Å²) in [5.74, 6) is -3.22. The number of carbonyl (C=O) groups excluding carboxylic acids is 1. The van der Waals surface area contributed by atoms with Crippen LogP contribution in [0.4, 0.5) is 29.3 Å². The Kier molecular flexibility index (Phi) is 7.17. The Bertz CT molecular complexity index is 811. The maximum atomic E-state index is 13.5. The summed E-state index contributed by atoms with van der Waals surface area (Å²) in [5, 5.41) is 16.8. The first-order valence-corrected chi connectivity index (χ1v) is 8.40. The average Bonchev–Trinajstić information content (AvgIpc) is 2.60. The van der Waals surface area contributed by atoms with Crippen LogP contribution >= 0.6 is 11.8 Å². The second-order valence-corrected chi connectivity index (χ2v) is 5.99. The van der Waals surface area contributed by atoms with Gasteiger partial charge in [-0.1, -0.05) is 30.0 Å². The lowest BCUT2D eigenvalue weighted by Gasteiger charge is -2.12. The van der Waals surface area contributed by atoms with Crippen molar-refractivity contribution >= 4 is 29.2 Å². The van der Waals surface area contributed by atoms with Gasteiger partial charge >= 0.3 is 6.03 Å². The van der Waals surface area contributed by atoms with Crippen LogP contribution in [0.3, 0.4) is 0 Å². The van der Waals surface area contributed by atoms with E-state index in [9.17, 15) is 18.0 Å². The van der Waals surface area contributed by atoms with Gasteiger partial charge in [0.25, 0.3) is 5.76 Å². The van der Waals surface area contributed by atoms with Gasteiger partial charge < -0.3 is 16.0 Å². The summed E-state index contributed by atoms with van der Waals surface area (Å²) < 4.78 is 38.5. The summed E-state index contributed by atoms with van der Waals surface area (Å²) in [6.07, 6.45) is 0. The van der Waals surface area contributed by atoms with Crippen LogP contribution in [-0.2, 0) is 0 Å². The third-order valence-electron chi connectivity index (χ3n) is 3.20. The minimum Gasteiger partial charge on any atom is -0.382 e. The Morgan fingerprint density at radius 1 is 1.12 bits per heavy atom. The number of carbonyl (C=O) groups is 1. The maximum Gasteiger partial charge on any atom is 0.319 e. The van der Waals surface area contributed by atoms with Crippen LogP contribution in [0.1, 0.15) is 5.56 Å². The summed E-state index contributed by atoms with van der Waals surface area (Å²) in [5.41, 5.74) is 0.503. The van der Waals surface area contributed by atoms with E-state index in [-0.39, 0.29) is 29.2 Å². The van der Waals surface area contributed by atoms with Crippen LogP contribution in [0.25, 0.3) is 0 Å². The van der Waals surface area contributed by atoms with Gasteiger partial charge in [-0.2, -0.15) is 14.0 Å². The van der Waals surface area contributed by atoms with Crippen LogP contribution in [0.2, 0.25) is 0 Å². The number of alkyl halides is 2. The average molecular weight is 380 g/mol. The number of para-hydroxylation sites is 1. The summed E-state index contributed by atoms with van der Waals surface area (Å²) in [7, 11) is 0. The smallest absolute Gasteiger partial charge is 0.319 e. The zero-order valence-electron chi connectivity index (χ0n) is 13.4. The molecule has 9 heteroatoms. The molecule has 0 atom stereocenters. The second-order valence-electron chi connectivity index (χ2n) is 4.96. The van der Waals surface area contributed by atoms with Gasteiger partial charge in [0.05, 0.1) is 11.4 Å². The molecule has 0 aromatic heterocycles. The molecule has 2 aromatic carbocycles. The van der Waals surface area contributed by atoms with Gasteiger partial charge in [-0.3, -0.25) is 0 Å². The molecule has 26 heavy (non-hydrogen) atoms. The van der Waals surface area contributed by atoms with Gasteiger partial charge in [0.2, 0.25) is 0 Å². The lowest BCUT2D eigenvalue weighted by atomic mass is 10.2. The molecule has 0 aliphatic carbocycles. The highest BCUT2D eigenvalue weighted by Crippen LogP contribution is 2.31. The molecule has 0 saturated heterocycles. The largest absolute Gasteiger partial charge is 0.382 e. The van der Waals surface area contributed by atoms with Gasteiger partial charge in [0.15, 0.2) is 0 Å². The fourth-order valence-corrected chi connectivity index (χ4v) is 2.69. The van der Waals surface area contributed by atoms with Crippen molar-refractivity contribution in [1.29, 1.82) is 5.26 Å². The van der Waals surface area contributed by atoms with Gasteiger partial charge in [0.1, 0.15) is 17.4 Å². The Morgan fingerprint density at radius 3 is 2.58 bits per heavy atom. The molecule has 0 fully saturated rings. The van der Waals surface area contributed by atoms with Crippen molar-refractivity contribution in [3.63, 3.8) is 0 Å². The minimum absolute atomic E-state index is 0.102. The van der Waals surface area contributed by atoms with E-state index >= 15 is 0 Å². The van der Waals surface area contributed by atoms with E-state index in [0.29, 0.717) is 17.4 Å². The Balaban J connectivity index is 1.84. The highest BCUT2D eigenvalue weighted by Gasteiger charge is 2.11. The number of nitriles is 1. The molecule has 0 saturated carbocycles. The third kappa shape index (κ3) is 5.60. The highest BCUT2D eigenvalue weighted by atomic mass is 32.2. The lowest BCUT2D eigenvalue weighted by Crippen LogP contribution is -2.32. The van der Waals surface area contributed by atoms with Crippen LogP contribution < -0.4 is 16.0 Å². The normalized spacial score (nSPS) is 10.3. The number of halogens is 3. The topological polar surface area (TPSA) is 77.0 Å². The van der Waals surface area contributed by atoms with Crippen LogP contribution in [0.5, 0.6) is 0 Å². The van der Waals surface area contributed by atoms with Crippen molar-refractivity contribution in [2.45, 2.75) is 10.7 Å². The quantitative estimate of drug-likeness (QED) is 0.496. The number of hydrogen-bond acceptors (Lipinski definition) is 4.